The number of halogens is 2. The molecule has 8 heteroatoms. The van der Waals surface area contributed by atoms with Crippen LogP contribution in [-0.4, -0.2) is 25.8 Å². The van der Waals surface area contributed by atoms with Gasteiger partial charge in [-0.15, -0.1) is 0 Å². The molecule has 0 fully saturated rings. The second-order valence-corrected chi connectivity index (χ2v) is 7.82. The fourth-order valence-electron chi connectivity index (χ4n) is 2.89. The number of nitrogens with one attached hydrogen (secondary N) is 1. The Labute approximate surface area is 203 Å². The van der Waals surface area contributed by atoms with Gasteiger partial charge in [0.15, 0.2) is 17.2 Å². The average molecular weight is 487 g/mol. The van der Waals surface area contributed by atoms with Gasteiger partial charge < -0.3 is 14.2 Å². The van der Waals surface area contributed by atoms with Crippen molar-refractivity contribution in [3.63, 3.8) is 0 Å². The summed E-state index contributed by atoms with van der Waals surface area (Å²) in [6, 6.07) is 18.0. The van der Waals surface area contributed by atoms with Gasteiger partial charge in [0.2, 0.25) is 0 Å². The minimum absolute atomic E-state index is 0.371. The number of rotatable bonds is 10. The molecule has 33 heavy (non-hydrogen) atoms. The van der Waals surface area contributed by atoms with Crippen LogP contribution in [-0.2, 0) is 6.61 Å². The lowest BCUT2D eigenvalue weighted by Crippen LogP contribution is -2.17. The van der Waals surface area contributed by atoms with Crippen LogP contribution in [0.2, 0.25) is 10.0 Å². The Kier molecular flexibility index (Phi) is 8.98. The normalized spacial score (nSPS) is 10.8. The summed E-state index contributed by atoms with van der Waals surface area (Å²) in [5, 5.41) is 4.74. The second kappa shape index (κ2) is 12.1. The maximum absolute atomic E-state index is 12.5. The first-order valence-electron chi connectivity index (χ1n) is 10.3. The number of carbonyl (C=O) groups is 1. The largest absolute Gasteiger partial charge is 0.493 e. The van der Waals surface area contributed by atoms with Crippen LogP contribution in [0.4, 0.5) is 0 Å². The van der Waals surface area contributed by atoms with Crippen molar-refractivity contribution in [1.29, 1.82) is 0 Å². The first-order chi connectivity index (χ1) is 16.0. The Hall–Kier alpha value is -3.22. The molecule has 6 nitrogen and oxygen atoms in total. The number of hydrogen-bond donors (Lipinski definition) is 1. The zero-order valence-corrected chi connectivity index (χ0v) is 19.8. The van der Waals surface area contributed by atoms with E-state index in [-0.39, 0.29) is 0 Å². The zero-order valence-electron chi connectivity index (χ0n) is 18.3. The van der Waals surface area contributed by atoms with Crippen LogP contribution in [0.5, 0.6) is 17.2 Å². The Morgan fingerprint density at radius 3 is 2.39 bits per heavy atom. The molecular formula is C25H24Cl2N2O4. The predicted octanol–water partition coefficient (Wildman–Crippen LogP) is 6.13. The van der Waals surface area contributed by atoms with Crippen molar-refractivity contribution in [3.05, 3.63) is 87.4 Å². The third kappa shape index (κ3) is 6.88. The molecule has 1 N–H and O–H groups in total. The minimum Gasteiger partial charge on any atom is -0.493 e. The van der Waals surface area contributed by atoms with E-state index in [0.29, 0.717) is 51.6 Å². The van der Waals surface area contributed by atoms with Gasteiger partial charge in [-0.2, -0.15) is 5.10 Å². The smallest absolute Gasteiger partial charge is 0.271 e. The van der Waals surface area contributed by atoms with Crippen LogP contribution in [0.15, 0.2) is 65.8 Å². The first-order valence-corrected chi connectivity index (χ1v) is 11.1. The summed E-state index contributed by atoms with van der Waals surface area (Å²) in [7, 11) is 1.52. The molecule has 0 aromatic heterocycles. The van der Waals surface area contributed by atoms with Gasteiger partial charge in [0.05, 0.1) is 30.0 Å². The standard InChI is InChI=1S/C25H24Cl2N2O4/c1-3-11-32-24-20(26)12-18(13-21(24)27)15-28-29-25(30)19-9-10-22(23(14-19)31-2)33-16-17-7-5-4-6-8-17/h4-10,12-15H,3,11,16H2,1-2H3,(H,29,30)/b28-15+. The monoisotopic (exact) mass is 486 g/mol. The molecule has 0 spiro atoms. The van der Waals surface area contributed by atoms with Gasteiger partial charge in [-0.3, -0.25) is 4.79 Å². The van der Waals surface area contributed by atoms with E-state index >= 15 is 0 Å². The number of amides is 1. The number of carbonyl (C=O) groups excluding carboxylic acids is 1. The van der Waals surface area contributed by atoms with Crippen LogP contribution in [0.25, 0.3) is 0 Å². The topological polar surface area (TPSA) is 69.2 Å². The zero-order chi connectivity index (χ0) is 23.6. The van der Waals surface area contributed by atoms with E-state index in [0.717, 1.165) is 12.0 Å². The molecular weight excluding hydrogens is 463 g/mol. The highest BCUT2D eigenvalue weighted by molar-refractivity contribution is 6.37. The molecule has 0 bridgehead atoms. The van der Waals surface area contributed by atoms with E-state index in [1.54, 1.807) is 30.3 Å². The SMILES string of the molecule is CCCOc1c(Cl)cc(/C=N/NC(=O)c2ccc(OCc3ccccc3)c(OC)c2)cc1Cl. The van der Waals surface area contributed by atoms with E-state index in [4.69, 9.17) is 37.4 Å². The number of hydrazone groups is 1. The lowest BCUT2D eigenvalue weighted by Gasteiger charge is -2.12. The molecule has 0 aliphatic carbocycles. The van der Waals surface area contributed by atoms with Crippen molar-refractivity contribution < 1.29 is 19.0 Å². The fraction of sp³-hybridized carbons (Fsp3) is 0.200. The Bertz CT molecular complexity index is 1100. The van der Waals surface area contributed by atoms with Crippen molar-refractivity contribution in [1.82, 2.24) is 5.43 Å². The lowest BCUT2D eigenvalue weighted by atomic mass is 10.2. The highest BCUT2D eigenvalue weighted by atomic mass is 35.5. The maximum Gasteiger partial charge on any atom is 0.271 e. The minimum atomic E-state index is -0.403. The van der Waals surface area contributed by atoms with E-state index in [1.165, 1.54) is 13.3 Å². The summed E-state index contributed by atoms with van der Waals surface area (Å²) in [6.45, 7) is 2.90. The highest BCUT2D eigenvalue weighted by Crippen LogP contribution is 2.34. The van der Waals surface area contributed by atoms with Gasteiger partial charge in [0, 0.05) is 5.56 Å². The van der Waals surface area contributed by atoms with E-state index < -0.39 is 5.91 Å². The number of hydrogen-bond acceptors (Lipinski definition) is 5. The first kappa shape index (κ1) is 24.4. The predicted molar refractivity (Wildman–Crippen MR) is 131 cm³/mol. The Balaban J connectivity index is 1.63. The summed E-state index contributed by atoms with van der Waals surface area (Å²) in [5.74, 6) is 1.02. The molecule has 0 saturated carbocycles. The van der Waals surface area contributed by atoms with Gasteiger partial charge in [-0.05, 0) is 47.9 Å². The molecule has 0 heterocycles. The quantitative estimate of drug-likeness (QED) is 0.276. The molecule has 3 aromatic rings. The van der Waals surface area contributed by atoms with Gasteiger partial charge in [-0.25, -0.2) is 5.43 Å². The lowest BCUT2D eigenvalue weighted by molar-refractivity contribution is 0.0954. The van der Waals surface area contributed by atoms with Crippen LogP contribution < -0.4 is 19.6 Å². The molecule has 3 rings (SSSR count). The number of ether oxygens (including phenoxy) is 3. The molecule has 0 radical (unpaired) electrons. The van der Waals surface area contributed by atoms with Crippen LogP contribution in [0.3, 0.4) is 0 Å². The van der Waals surface area contributed by atoms with Crippen LogP contribution in [0, 0.1) is 0 Å². The van der Waals surface area contributed by atoms with Crippen LogP contribution in [0.1, 0.15) is 34.8 Å². The summed E-state index contributed by atoms with van der Waals surface area (Å²) >= 11 is 12.5. The molecule has 172 valence electrons. The highest BCUT2D eigenvalue weighted by Gasteiger charge is 2.12. The third-order valence-electron chi connectivity index (χ3n) is 4.51. The van der Waals surface area contributed by atoms with E-state index in [2.05, 4.69) is 10.5 Å². The number of methoxy groups -OCH3 is 1. The Morgan fingerprint density at radius 2 is 1.73 bits per heavy atom. The van der Waals surface area contributed by atoms with Crippen molar-refractivity contribution in [3.8, 4) is 17.2 Å². The van der Waals surface area contributed by atoms with Crippen molar-refractivity contribution in [2.75, 3.05) is 13.7 Å². The summed E-state index contributed by atoms with van der Waals surface area (Å²) < 4.78 is 16.7. The summed E-state index contributed by atoms with van der Waals surface area (Å²) in [6.07, 6.45) is 2.29. The van der Waals surface area contributed by atoms with Gasteiger partial charge in [0.1, 0.15) is 6.61 Å². The van der Waals surface area contributed by atoms with Crippen molar-refractivity contribution in [2.24, 2.45) is 5.10 Å². The second-order valence-electron chi connectivity index (χ2n) is 7.00. The average Bonchev–Trinajstić information content (AvgIpc) is 2.82. The molecule has 3 aromatic carbocycles. The van der Waals surface area contributed by atoms with Gasteiger partial charge in [-0.1, -0.05) is 60.5 Å². The van der Waals surface area contributed by atoms with Crippen LogP contribution >= 0.6 is 23.2 Å². The molecule has 0 saturated heterocycles. The summed E-state index contributed by atoms with van der Waals surface area (Å²) in [4.78, 5) is 12.5. The molecule has 0 aliphatic heterocycles. The third-order valence-corrected chi connectivity index (χ3v) is 5.08. The summed E-state index contributed by atoms with van der Waals surface area (Å²) in [5.41, 5.74) is 4.50. The van der Waals surface area contributed by atoms with E-state index in [1.807, 2.05) is 37.3 Å². The molecule has 0 atom stereocenters. The van der Waals surface area contributed by atoms with E-state index in [9.17, 15) is 4.79 Å². The Morgan fingerprint density at radius 1 is 1.00 bits per heavy atom. The van der Waals surface area contributed by atoms with Crippen molar-refractivity contribution in [2.45, 2.75) is 20.0 Å². The van der Waals surface area contributed by atoms with Crippen molar-refractivity contribution >= 4 is 35.3 Å². The molecule has 1 amide bonds. The number of benzene rings is 3. The fourth-order valence-corrected chi connectivity index (χ4v) is 3.50. The van der Waals surface area contributed by atoms with Gasteiger partial charge >= 0.3 is 0 Å². The van der Waals surface area contributed by atoms with Gasteiger partial charge in [0.25, 0.3) is 5.91 Å². The maximum atomic E-state index is 12.5. The number of nitrogens with zero attached hydrogens (tertiary/aromatic N) is 1. The molecule has 0 unspecified atom stereocenters. The molecule has 0 aliphatic rings.